The predicted octanol–water partition coefficient (Wildman–Crippen LogP) is 4.29. The van der Waals surface area contributed by atoms with Crippen LogP contribution in [0, 0.1) is 6.92 Å². The van der Waals surface area contributed by atoms with Crippen LogP contribution in [-0.2, 0) is 4.79 Å². The molecule has 0 saturated carbocycles. The Balaban J connectivity index is 1.72. The summed E-state index contributed by atoms with van der Waals surface area (Å²) < 4.78 is 10.8. The molecule has 0 heterocycles. The molecule has 0 saturated heterocycles. The molecule has 3 aromatic carbocycles. The SMILES string of the molecule is COc1ccc(C(NC(=O)COc2ccc(C)cc2)c2ccccc2)cc1. The molecule has 27 heavy (non-hydrogen) atoms. The van der Waals surface area contributed by atoms with Crippen molar-refractivity contribution in [2.75, 3.05) is 13.7 Å². The summed E-state index contributed by atoms with van der Waals surface area (Å²) >= 11 is 0. The van der Waals surface area contributed by atoms with E-state index in [0.717, 1.165) is 22.4 Å². The first-order chi connectivity index (χ1) is 13.2. The number of methoxy groups -OCH3 is 1. The van der Waals surface area contributed by atoms with Crippen molar-refractivity contribution in [3.63, 3.8) is 0 Å². The summed E-state index contributed by atoms with van der Waals surface area (Å²) in [6.45, 7) is 1.97. The molecule has 1 amide bonds. The number of hydrogen-bond donors (Lipinski definition) is 1. The number of carbonyl (C=O) groups is 1. The fourth-order valence-corrected chi connectivity index (χ4v) is 2.79. The van der Waals surface area contributed by atoms with Gasteiger partial charge < -0.3 is 14.8 Å². The summed E-state index contributed by atoms with van der Waals surface area (Å²) in [6.07, 6.45) is 0. The Hall–Kier alpha value is -3.27. The number of nitrogens with one attached hydrogen (secondary N) is 1. The maximum atomic E-state index is 12.5. The van der Waals surface area contributed by atoms with E-state index in [4.69, 9.17) is 9.47 Å². The van der Waals surface area contributed by atoms with Gasteiger partial charge in [-0.3, -0.25) is 4.79 Å². The lowest BCUT2D eigenvalue weighted by Crippen LogP contribution is -2.33. The third kappa shape index (κ3) is 5.11. The number of carbonyl (C=O) groups excluding carboxylic acids is 1. The van der Waals surface area contributed by atoms with E-state index in [1.54, 1.807) is 7.11 Å². The quantitative estimate of drug-likeness (QED) is 0.683. The van der Waals surface area contributed by atoms with E-state index in [1.165, 1.54) is 0 Å². The van der Waals surface area contributed by atoms with E-state index in [-0.39, 0.29) is 18.6 Å². The maximum Gasteiger partial charge on any atom is 0.258 e. The van der Waals surface area contributed by atoms with Gasteiger partial charge in [0.15, 0.2) is 6.61 Å². The van der Waals surface area contributed by atoms with Crippen molar-refractivity contribution in [3.8, 4) is 11.5 Å². The van der Waals surface area contributed by atoms with Crippen molar-refractivity contribution in [1.29, 1.82) is 0 Å². The Labute approximate surface area is 159 Å². The summed E-state index contributed by atoms with van der Waals surface area (Å²) in [6, 6.07) is 24.9. The molecule has 138 valence electrons. The van der Waals surface area contributed by atoms with Crippen molar-refractivity contribution < 1.29 is 14.3 Å². The second-order valence-electron chi connectivity index (χ2n) is 6.29. The van der Waals surface area contributed by atoms with Gasteiger partial charge >= 0.3 is 0 Å². The number of aryl methyl sites for hydroxylation is 1. The lowest BCUT2D eigenvalue weighted by atomic mass is 9.98. The highest BCUT2D eigenvalue weighted by atomic mass is 16.5. The van der Waals surface area contributed by atoms with Gasteiger partial charge in [0.25, 0.3) is 5.91 Å². The van der Waals surface area contributed by atoms with Crippen LogP contribution in [0.3, 0.4) is 0 Å². The fourth-order valence-electron chi connectivity index (χ4n) is 2.79. The van der Waals surface area contributed by atoms with Crippen molar-refractivity contribution >= 4 is 5.91 Å². The summed E-state index contributed by atoms with van der Waals surface area (Å²) in [5, 5.41) is 3.06. The molecule has 0 fully saturated rings. The zero-order valence-electron chi connectivity index (χ0n) is 15.5. The molecule has 0 spiro atoms. The number of ether oxygens (including phenoxy) is 2. The van der Waals surface area contributed by atoms with Gasteiger partial charge in [-0.05, 0) is 42.3 Å². The highest BCUT2D eigenvalue weighted by Gasteiger charge is 2.17. The number of rotatable bonds is 7. The van der Waals surface area contributed by atoms with E-state index in [9.17, 15) is 4.79 Å². The minimum absolute atomic E-state index is 0.0391. The Bertz CT molecular complexity index is 858. The van der Waals surface area contributed by atoms with Gasteiger partial charge in [-0.1, -0.05) is 60.2 Å². The maximum absolute atomic E-state index is 12.5. The molecule has 3 aromatic rings. The molecule has 0 radical (unpaired) electrons. The monoisotopic (exact) mass is 361 g/mol. The minimum Gasteiger partial charge on any atom is -0.497 e. The van der Waals surface area contributed by atoms with Gasteiger partial charge in [0.05, 0.1) is 13.2 Å². The Kier molecular flexibility index (Phi) is 6.10. The van der Waals surface area contributed by atoms with Crippen LogP contribution in [0.5, 0.6) is 11.5 Å². The van der Waals surface area contributed by atoms with E-state index < -0.39 is 0 Å². The van der Waals surface area contributed by atoms with Crippen molar-refractivity contribution in [2.45, 2.75) is 13.0 Å². The molecule has 1 atom stereocenters. The van der Waals surface area contributed by atoms with Gasteiger partial charge in [0.1, 0.15) is 11.5 Å². The summed E-state index contributed by atoms with van der Waals surface area (Å²) in [5.41, 5.74) is 3.13. The average Bonchev–Trinajstić information content (AvgIpc) is 2.72. The molecule has 4 heteroatoms. The van der Waals surface area contributed by atoms with Gasteiger partial charge in [0.2, 0.25) is 0 Å². The summed E-state index contributed by atoms with van der Waals surface area (Å²) in [4.78, 5) is 12.5. The van der Waals surface area contributed by atoms with E-state index in [1.807, 2.05) is 85.8 Å². The predicted molar refractivity (Wildman–Crippen MR) is 106 cm³/mol. The molecular weight excluding hydrogens is 338 g/mol. The van der Waals surface area contributed by atoms with Crippen LogP contribution in [0.2, 0.25) is 0 Å². The molecule has 1 N–H and O–H groups in total. The standard InChI is InChI=1S/C23H23NO3/c1-17-8-12-21(13-9-17)27-16-22(25)24-23(18-6-4-3-5-7-18)19-10-14-20(26-2)15-11-19/h3-15,23H,16H2,1-2H3,(H,24,25). The van der Waals surface area contributed by atoms with Crippen LogP contribution < -0.4 is 14.8 Å². The zero-order valence-corrected chi connectivity index (χ0v) is 15.5. The Morgan fingerprint density at radius 2 is 1.44 bits per heavy atom. The fraction of sp³-hybridized carbons (Fsp3) is 0.174. The van der Waals surface area contributed by atoms with Crippen LogP contribution >= 0.6 is 0 Å². The van der Waals surface area contributed by atoms with E-state index in [2.05, 4.69) is 5.32 Å². The molecule has 0 aliphatic heterocycles. The minimum atomic E-state index is -0.258. The van der Waals surface area contributed by atoms with Crippen LogP contribution in [0.1, 0.15) is 22.7 Å². The zero-order chi connectivity index (χ0) is 19.1. The molecule has 0 bridgehead atoms. The van der Waals surface area contributed by atoms with E-state index in [0.29, 0.717) is 5.75 Å². The third-order valence-corrected chi connectivity index (χ3v) is 4.28. The Morgan fingerprint density at radius 1 is 0.852 bits per heavy atom. The topological polar surface area (TPSA) is 47.6 Å². The van der Waals surface area contributed by atoms with Gasteiger partial charge in [-0.25, -0.2) is 0 Å². The van der Waals surface area contributed by atoms with Crippen molar-refractivity contribution in [3.05, 3.63) is 95.6 Å². The number of amides is 1. The molecule has 0 aliphatic rings. The van der Waals surface area contributed by atoms with Crippen LogP contribution in [0.4, 0.5) is 0 Å². The molecule has 1 unspecified atom stereocenters. The first-order valence-corrected chi connectivity index (χ1v) is 8.83. The molecule has 0 aromatic heterocycles. The normalized spacial score (nSPS) is 11.5. The molecule has 0 aliphatic carbocycles. The lowest BCUT2D eigenvalue weighted by molar-refractivity contribution is -0.123. The summed E-state index contributed by atoms with van der Waals surface area (Å²) in [7, 11) is 1.63. The van der Waals surface area contributed by atoms with Gasteiger partial charge in [0, 0.05) is 0 Å². The molecule has 3 rings (SSSR count). The van der Waals surface area contributed by atoms with Gasteiger partial charge in [-0.2, -0.15) is 0 Å². The first kappa shape index (κ1) is 18.5. The Morgan fingerprint density at radius 3 is 2.07 bits per heavy atom. The third-order valence-electron chi connectivity index (χ3n) is 4.28. The second-order valence-corrected chi connectivity index (χ2v) is 6.29. The second kappa shape index (κ2) is 8.90. The summed E-state index contributed by atoms with van der Waals surface area (Å²) in [5.74, 6) is 1.27. The lowest BCUT2D eigenvalue weighted by Gasteiger charge is -2.20. The number of benzene rings is 3. The van der Waals surface area contributed by atoms with Crippen LogP contribution in [0.25, 0.3) is 0 Å². The van der Waals surface area contributed by atoms with Gasteiger partial charge in [-0.15, -0.1) is 0 Å². The molecular formula is C23H23NO3. The number of hydrogen-bond acceptors (Lipinski definition) is 3. The molecule has 4 nitrogen and oxygen atoms in total. The van der Waals surface area contributed by atoms with Crippen LogP contribution in [0.15, 0.2) is 78.9 Å². The largest absolute Gasteiger partial charge is 0.497 e. The highest BCUT2D eigenvalue weighted by molar-refractivity contribution is 5.78. The van der Waals surface area contributed by atoms with Crippen molar-refractivity contribution in [1.82, 2.24) is 5.32 Å². The smallest absolute Gasteiger partial charge is 0.258 e. The first-order valence-electron chi connectivity index (χ1n) is 8.83. The van der Waals surface area contributed by atoms with Crippen LogP contribution in [-0.4, -0.2) is 19.6 Å². The van der Waals surface area contributed by atoms with E-state index >= 15 is 0 Å². The van der Waals surface area contributed by atoms with Crippen molar-refractivity contribution in [2.24, 2.45) is 0 Å². The highest BCUT2D eigenvalue weighted by Crippen LogP contribution is 2.24. The average molecular weight is 361 g/mol.